The Morgan fingerprint density at radius 2 is 1.76 bits per heavy atom. The van der Waals surface area contributed by atoms with Crippen molar-refractivity contribution < 1.29 is 8.42 Å². The molecule has 1 rings (SSSR count). The van der Waals surface area contributed by atoms with E-state index in [1.807, 2.05) is 20.8 Å². The number of benzene rings is 1. The van der Waals surface area contributed by atoms with E-state index in [0.29, 0.717) is 5.88 Å². The van der Waals surface area contributed by atoms with Gasteiger partial charge in [-0.1, -0.05) is 24.6 Å². The van der Waals surface area contributed by atoms with Gasteiger partial charge in [-0.3, -0.25) is 0 Å². The van der Waals surface area contributed by atoms with E-state index < -0.39 is 10.0 Å². The van der Waals surface area contributed by atoms with Gasteiger partial charge in [0.05, 0.1) is 4.90 Å². The molecule has 96 valence electrons. The highest BCUT2D eigenvalue weighted by molar-refractivity contribution is 7.89. The molecule has 0 saturated carbocycles. The summed E-state index contributed by atoms with van der Waals surface area (Å²) in [4.78, 5) is 0.289. The maximum absolute atomic E-state index is 12.0. The molecule has 0 aliphatic carbocycles. The van der Waals surface area contributed by atoms with Crippen LogP contribution in [0.15, 0.2) is 29.2 Å². The fourth-order valence-corrected chi connectivity index (χ4v) is 2.90. The minimum absolute atomic E-state index is 0.0943. The van der Waals surface area contributed by atoms with Gasteiger partial charge in [-0.15, -0.1) is 11.6 Å². The van der Waals surface area contributed by atoms with Crippen LogP contribution in [0.5, 0.6) is 0 Å². The summed E-state index contributed by atoms with van der Waals surface area (Å²) < 4.78 is 26.7. The topological polar surface area (TPSA) is 46.2 Å². The number of hydrogen-bond acceptors (Lipinski definition) is 2. The standard InChI is InChI=1S/C12H18ClNO2S/c1-9-4-6-12(7-5-9)17(15,16)14-11(3)10(2)8-13/h4-7,10-11,14H,8H2,1-3H3. The van der Waals surface area contributed by atoms with Crippen molar-refractivity contribution in [1.29, 1.82) is 0 Å². The summed E-state index contributed by atoms with van der Waals surface area (Å²) in [5.41, 5.74) is 1.03. The SMILES string of the molecule is Cc1ccc(S(=O)(=O)NC(C)C(C)CCl)cc1. The summed E-state index contributed by atoms with van der Waals surface area (Å²) in [7, 11) is -3.44. The van der Waals surface area contributed by atoms with Crippen LogP contribution in [-0.4, -0.2) is 20.3 Å². The summed E-state index contributed by atoms with van der Waals surface area (Å²) in [6.45, 7) is 5.65. The Balaban J connectivity index is 2.85. The third-order valence-corrected chi connectivity index (χ3v) is 4.83. The first-order valence-corrected chi connectivity index (χ1v) is 7.53. The lowest BCUT2D eigenvalue weighted by Crippen LogP contribution is -2.37. The van der Waals surface area contributed by atoms with Crippen LogP contribution in [0.25, 0.3) is 0 Å². The molecule has 3 nitrogen and oxygen atoms in total. The average Bonchev–Trinajstić information content (AvgIpc) is 2.27. The van der Waals surface area contributed by atoms with Crippen LogP contribution in [0.2, 0.25) is 0 Å². The second kappa shape index (κ2) is 5.85. The van der Waals surface area contributed by atoms with Crippen LogP contribution < -0.4 is 4.72 Å². The number of hydrogen-bond donors (Lipinski definition) is 1. The predicted octanol–water partition coefficient (Wildman–Crippen LogP) is 2.54. The Morgan fingerprint density at radius 1 is 1.24 bits per heavy atom. The molecule has 1 aromatic rings. The Bertz CT molecular complexity index is 456. The first-order chi connectivity index (χ1) is 7.86. The molecule has 0 fully saturated rings. The molecule has 2 unspecified atom stereocenters. The normalized spacial score (nSPS) is 15.5. The zero-order valence-electron chi connectivity index (χ0n) is 10.3. The minimum atomic E-state index is -3.44. The maximum atomic E-state index is 12.0. The highest BCUT2D eigenvalue weighted by Gasteiger charge is 2.20. The molecule has 0 aliphatic heterocycles. The van der Waals surface area contributed by atoms with E-state index in [4.69, 9.17) is 11.6 Å². The third kappa shape index (κ3) is 3.98. The summed E-state index contributed by atoms with van der Waals surface area (Å²) in [6.07, 6.45) is 0. The van der Waals surface area contributed by atoms with Gasteiger partial charge in [0, 0.05) is 11.9 Å². The molecule has 0 saturated heterocycles. The van der Waals surface area contributed by atoms with E-state index in [1.165, 1.54) is 0 Å². The molecule has 5 heteroatoms. The van der Waals surface area contributed by atoms with Crippen molar-refractivity contribution in [3.63, 3.8) is 0 Å². The van der Waals surface area contributed by atoms with E-state index in [2.05, 4.69) is 4.72 Å². The molecule has 0 radical (unpaired) electrons. The molecule has 1 N–H and O–H groups in total. The first kappa shape index (κ1) is 14.5. The smallest absolute Gasteiger partial charge is 0.208 e. The van der Waals surface area contributed by atoms with Gasteiger partial charge in [-0.05, 0) is 31.9 Å². The molecular weight excluding hydrogens is 258 g/mol. The van der Waals surface area contributed by atoms with Crippen LogP contribution in [0.1, 0.15) is 19.4 Å². The molecule has 0 aliphatic rings. The van der Waals surface area contributed by atoms with Crippen molar-refractivity contribution >= 4 is 21.6 Å². The van der Waals surface area contributed by atoms with Crippen molar-refractivity contribution in [2.45, 2.75) is 31.7 Å². The van der Waals surface area contributed by atoms with Gasteiger partial charge in [0.2, 0.25) is 10.0 Å². The van der Waals surface area contributed by atoms with Gasteiger partial charge in [0.25, 0.3) is 0 Å². The summed E-state index contributed by atoms with van der Waals surface area (Å²) >= 11 is 5.71. The average molecular weight is 276 g/mol. The van der Waals surface area contributed by atoms with Crippen LogP contribution in [-0.2, 0) is 10.0 Å². The highest BCUT2D eigenvalue weighted by atomic mass is 35.5. The highest BCUT2D eigenvalue weighted by Crippen LogP contribution is 2.13. The Hall–Kier alpha value is -0.580. The van der Waals surface area contributed by atoms with Crippen LogP contribution in [0.3, 0.4) is 0 Å². The van der Waals surface area contributed by atoms with Crippen molar-refractivity contribution in [1.82, 2.24) is 4.72 Å². The molecule has 0 amide bonds. The largest absolute Gasteiger partial charge is 0.240 e. The van der Waals surface area contributed by atoms with Crippen molar-refractivity contribution in [3.8, 4) is 0 Å². The second-order valence-corrected chi connectivity index (χ2v) is 6.38. The van der Waals surface area contributed by atoms with Crippen molar-refractivity contribution in [3.05, 3.63) is 29.8 Å². The molecule has 0 aromatic heterocycles. The van der Waals surface area contributed by atoms with Crippen LogP contribution in [0.4, 0.5) is 0 Å². The van der Waals surface area contributed by atoms with Gasteiger partial charge < -0.3 is 0 Å². The third-order valence-electron chi connectivity index (χ3n) is 2.77. The molecule has 0 spiro atoms. The number of halogens is 1. The Kier molecular flexibility index (Phi) is 4.98. The van der Waals surface area contributed by atoms with Gasteiger partial charge in [-0.2, -0.15) is 0 Å². The monoisotopic (exact) mass is 275 g/mol. The molecule has 0 bridgehead atoms. The predicted molar refractivity (Wildman–Crippen MR) is 70.8 cm³/mol. The first-order valence-electron chi connectivity index (χ1n) is 5.52. The molecule has 17 heavy (non-hydrogen) atoms. The molecular formula is C12H18ClNO2S. The molecule has 0 heterocycles. The number of sulfonamides is 1. The fourth-order valence-electron chi connectivity index (χ4n) is 1.28. The summed E-state index contributed by atoms with van der Waals surface area (Å²) in [6, 6.07) is 6.60. The zero-order valence-corrected chi connectivity index (χ0v) is 11.8. The quantitative estimate of drug-likeness (QED) is 0.840. The number of rotatable bonds is 5. The lowest BCUT2D eigenvalue weighted by molar-refractivity contribution is 0.480. The van der Waals surface area contributed by atoms with Gasteiger partial charge in [0.15, 0.2) is 0 Å². The van der Waals surface area contributed by atoms with Crippen LogP contribution >= 0.6 is 11.6 Å². The zero-order chi connectivity index (χ0) is 13.1. The van der Waals surface area contributed by atoms with Gasteiger partial charge >= 0.3 is 0 Å². The van der Waals surface area contributed by atoms with E-state index in [-0.39, 0.29) is 16.9 Å². The lowest BCUT2D eigenvalue weighted by atomic mass is 10.1. The van der Waals surface area contributed by atoms with Gasteiger partial charge in [0.1, 0.15) is 0 Å². The second-order valence-electron chi connectivity index (χ2n) is 4.35. The van der Waals surface area contributed by atoms with E-state index >= 15 is 0 Å². The lowest BCUT2D eigenvalue weighted by Gasteiger charge is -2.19. The van der Waals surface area contributed by atoms with E-state index in [1.54, 1.807) is 24.3 Å². The van der Waals surface area contributed by atoms with E-state index in [0.717, 1.165) is 5.56 Å². The Morgan fingerprint density at radius 3 is 2.24 bits per heavy atom. The molecule has 2 atom stereocenters. The number of aryl methyl sites for hydroxylation is 1. The van der Waals surface area contributed by atoms with E-state index in [9.17, 15) is 8.42 Å². The fraction of sp³-hybridized carbons (Fsp3) is 0.500. The molecule has 1 aromatic carbocycles. The summed E-state index contributed by atoms with van der Waals surface area (Å²) in [5.74, 6) is 0.523. The maximum Gasteiger partial charge on any atom is 0.240 e. The number of alkyl halides is 1. The summed E-state index contributed by atoms with van der Waals surface area (Å²) in [5, 5.41) is 0. The van der Waals surface area contributed by atoms with Gasteiger partial charge in [-0.25, -0.2) is 13.1 Å². The number of nitrogens with one attached hydrogen (secondary N) is 1. The minimum Gasteiger partial charge on any atom is -0.208 e. The van der Waals surface area contributed by atoms with Crippen LogP contribution in [0, 0.1) is 12.8 Å². The van der Waals surface area contributed by atoms with Crippen molar-refractivity contribution in [2.24, 2.45) is 5.92 Å². The van der Waals surface area contributed by atoms with Crippen molar-refractivity contribution in [2.75, 3.05) is 5.88 Å². The Labute approximate surface area is 108 Å².